The number of likely N-dealkylation sites (tertiary alicyclic amines) is 1. The van der Waals surface area contributed by atoms with Gasteiger partial charge >= 0.3 is 0 Å². The lowest BCUT2D eigenvalue weighted by Gasteiger charge is -2.32. The van der Waals surface area contributed by atoms with E-state index in [1.165, 1.54) is 11.4 Å². The molecule has 146 valence electrons. The van der Waals surface area contributed by atoms with Gasteiger partial charge in [-0.3, -0.25) is 9.89 Å². The lowest BCUT2D eigenvalue weighted by molar-refractivity contribution is 0.0195. The number of hydrogen-bond acceptors (Lipinski definition) is 5. The van der Waals surface area contributed by atoms with Crippen LogP contribution < -0.4 is 5.32 Å². The van der Waals surface area contributed by atoms with Gasteiger partial charge < -0.3 is 15.0 Å². The number of hydrogen-bond donors (Lipinski definition) is 1. The van der Waals surface area contributed by atoms with E-state index < -0.39 is 0 Å². The molecule has 3 heterocycles. The van der Waals surface area contributed by atoms with Crippen molar-refractivity contribution < 1.29 is 4.74 Å². The summed E-state index contributed by atoms with van der Waals surface area (Å²) in [4.78, 5) is 14.4. The van der Waals surface area contributed by atoms with Crippen molar-refractivity contribution in [3.8, 4) is 0 Å². The van der Waals surface area contributed by atoms with E-state index in [9.17, 15) is 0 Å². The maximum atomic E-state index is 5.49. The van der Waals surface area contributed by atoms with Crippen LogP contribution in [-0.2, 0) is 11.2 Å². The van der Waals surface area contributed by atoms with E-state index in [-0.39, 0.29) is 0 Å². The van der Waals surface area contributed by atoms with E-state index >= 15 is 0 Å². The van der Waals surface area contributed by atoms with E-state index in [1.807, 2.05) is 0 Å². The lowest BCUT2D eigenvalue weighted by atomic mass is 10.2. The first-order valence-corrected chi connectivity index (χ1v) is 10.9. The van der Waals surface area contributed by atoms with E-state index in [0.717, 1.165) is 83.4 Å². The molecule has 2 aliphatic heterocycles. The maximum absolute atomic E-state index is 5.49. The molecule has 0 bridgehead atoms. The lowest BCUT2D eigenvalue weighted by Crippen LogP contribution is -2.46. The van der Waals surface area contributed by atoms with Crippen LogP contribution in [0.4, 0.5) is 0 Å². The summed E-state index contributed by atoms with van der Waals surface area (Å²) in [6.07, 6.45) is 4.59. The molecule has 6 nitrogen and oxygen atoms in total. The number of aromatic nitrogens is 1. The summed E-state index contributed by atoms with van der Waals surface area (Å²) in [7, 11) is 0. The number of aliphatic imine (C=N–C) groups is 1. The first-order chi connectivity index (χ1) is 12.8. The number of morpholine rings is 1. The molecule has 7 heteroatoms. The van der Waals surface area contributed by atoms with Crippen molar-refractivity contribution in [3.05, 3.63) is 16.1 Å². The fraction of sp³-hybridized carbons (Fsp3) is 0.789. The summed E-state index contributed by atoms with van der Waals surface area (Å²) < 4.78 is 5.49. The molecular weight excluding hydrogens is 346 g/mol. The van der Waals surface area contributed by atoms with Gasteiger partial charge in [0.25, 0.3) is 0 Å². The predicted octanol–water partition coefficient (Wildman–Crippen LogP) is 2.15. The number of ether oxygens (including phenoxy) is 1. The van der Waals surface area contributed by atoms with E-state index in [4.69, 9.17) is 9.73 Å². The van der Waals surface area contributed by atoms with Gasteiger partial charge in [0.2, 0.25) is 0 Å². The van der Waals surface area contributed by atoms with Crippen LogP contribution in [0.1, 0.15) is 36.9 Å². The van der Waals surface area contributed by atoms with Gasteiger partial charge in [0.1, 0.15) is 0 Å². The van der Waals surface area contributed by atoms with Crippen molar-refractivity contribution in [3.63, 3.8) is 0 Å². The van der Waals surface area contributed by atoms with Crippen molar-refractivity contribution in [1.29, 1.82) is 0 Å². The Hall–Kier alpha value is -1.18. The van der Waals surface area contributed by atoms with Crippen LogP contribution in [0.15, 0.2) is 10.4 Å². The van der Waals surface area contributed by atoms with Crippen molar-refractivity contribution in [2.45, 2.75) is 45.6 Å². The third-order valence-corrected chi connectivity index (χ3v) is 6.11. The minimum Gasteiger partial charge on any atom is -0.379 e. The highest BCUT2D eigenvalue weighted by Gasteiger charge is 2.30. The Morgan fingerprint density at radius 3 is 2.92 bits per heavy atom. The number of unbranched alkanes of at least 4 members (excludes halogenated alkanes) is 1. The summed E-state index contributed by atoms with van der Waals surface area (Å²) in [6, 6.07) is 0.649. The van der Waals surface area contributed by atoms with Gasteiger partial charge in [-0.1, -0.05) is 0 Å². The Morgan fingerprint density at radius 2 is 2.19 bits per heavy atom. The smallest absolute Gasteiger partial charge is 0.193 e. The second-order valence-corrected chi connectivity index (χ2v) is 8.05. The van der Waals surface area contributed by atoms with Gasteiger partial charge in [0, 0.05) is 56.4 Å². The summed E-state index contributed by atoms with van der Waals surface area (Å²) >= 11 is 1.78. The molecule has 26 heavy (non-hydrogen) atoms. The molecule has 1 N–H and O–H groups in total. The van der Waals surface area contributed by atoms with E-state index in [2.05, 4.69) is 39.3 Å². The highest BCUT2D eigenvalue weighted by Crippen LogP contribution is 2.17. The van der Waals surface area contributed by atoms with Crippen molar-refractivity contribution in [2.24, 2.45) is 4.99 Å². The number of aryl methyl sites for hydroxylation is 2. The molecule has 0 aliphatic carbocycles. The van der Waals surface area contributed by atoms with Gasteiger partial charge in [-0.05, 0) is 39.5 Å². The summed E-state index contributed by atoms with van der Waals surface area (Å²) in [5, 5.41) is 6.87. The fourth-order valence-electron chi connectivity index (χ4n) is 3.69. The van der Waals surface area contributed by atoms with Crippen LogP contribution in [0.5, 0.6) is 0 Å². The number of nitrogens with one attached hydrogen (secondary N) is 1. The first kappa shape index (κ1) is 19.6. The van der Waals surface area contributed by atoms with Crippen LogP contribution in [0, 0.1) is 6.92 Å². The van der Waals surface area contributed by atoms with Gasteiger partial charge in [0.05, 0.1) is 18.2 Å². The normalized spacial score (nSPS) is 22.2. The fourth-order valence-corrected chi connectivity index (χ4v) is 4.51. The number of thiazole rings is 1. The quantitative estimate of drug-likeness (QED) is 0.447. The van der Waals surface area contributed by atoms with Crippen LogP contribution >= 0.6 is 11.3 Å². The third kappa shape index (κ3) is 5.66. The standard InChI is InChI=1S/C19H33N5OS/c1-3-20-19(21-8-5-4-6-18-22-16(2)15-26-18)24-9-7-17(14-24)23-10-12-25-13-11-23/h15,17H,3-14H2,1-2H3,(H,20,21). The molecular formula is C19H33N5OS. The number of rotatable bonds is 7. The molecule has 2 aliphatic rings. The average Bonchev–Trinajstić information content (AvgIpc) is 3.31. The van der Waals surface area contributed by atoms with Gasteiger partial charge in [-0.15, -0.1) is 11.3 Å². The first-order valence-electron chi connectivity index (χ1n) is 10.0. The summed E-state index contributed by atoms with van der Waals surface area (Å²) in [5.74, 6) is 1.09. The molecule has 2 fully saturated rings. The molecule has 2 saturated heterocycles. The Balaban J connectivity index is 1.43. The van der Waals surface area contributed by atoms with E-state index in [0.29, 0.717) is 6.04 Å². The minimum absolute atomic E-state index is 0.649. The second kappa shape index (κ2) is 10.2. The summed E-state index contributed by atoms with van der Waals surface area (Å²) in [6.45, 7) is 12.1. The van der Waals surface area contributed by atoms with Crippen molar-refractivity contribution >= 4 is 17.3 Å². The molecule has 0 spiro atoms. The van der Waals surface area contributed by atoms with Crippen LogP contribution in [0.2, 0.25) is 0 Å². The molecule has 3 rings (SSSR count). The monoisotopic (exact) mass is 379 g/mol. The van der Waals surface area contributed by atoms with Crippen molar-refractivity contribution in [2.75, 3.05) is 52.5 Å². The summed E-state index contributed by atoms with van der Waals surface area (Å²) in [5.41, 5.74) is 1.14. The Labute approximate surface area is 161 Å². The minimum atomic E-state index is 0.649. The Bertz CT molecular complexity index is 570. The van der Waals surface area contributed by atoms with E-state index in [1.54, 1.807) is 11.3 Å². The molecule has 0 aromatic carbocycles. The molecule has 0 radical (unpaired) electrons. The number of guanidine groups is 1. The van der Waals surface area contributed by atoms with Crippen LogP contribution in [0.25, 0.3) is 0 Å². The molecule has 1 unspecified atom stereocenters. The zero-order chi connectivity index (χ0) is 18.2. The van der Waals surface area contributed by atoms with Gasteiger partial charge in [-0.2, -0.15) is 0 Å². The maximum Gasteiger partial charge on any atom is 0.193 e. The predicted molar refractivity (Wildman–Crippen MR) is 108 cm³/mol. The zero-order valence-electron chi connectivity index (χ0n) is 16.2. The van der Waals surface area contributed by atoms with Crippen LogP contribution in [-0.4, -0.2) is 79.3 Å². The topological polar surface area (TPSA) is 53.0 Å². The molecule has 0 saturated carbocycles. The van der Waals surface area contributed by atoms with Gasteiger partial charge in [-0.25, -0.2) is 4.98 Å². The Morgan fingerprint density at radius 1 is 1.35 bits per heavy atom. The highest BCUT2D eigenvalue weighted by molar-refractivity contribution is 7.09. The third-order valence-electron chi connectivity index (χ3n) is 5.09. The largest absolute Gasteiger partial charge is 0.379 e. The van der Waals surface area contributed by atoms with Gasteiger partial charge in [0.15, 0.2) is 5.96 Å². The molecule has 0 amide bonds. The highest BCUT2D eigenvalue weighted by atomic mass is 32.1. The van der Waals surface area contributed by atoms with Crippen LogP contribution in [0.3, 0.4) is 0 Å². The average molecular weight is 380 g/mol. The van der Waals surface area contributed by atoms with Crippen molar-refractivity contribution in [1.82, 2.24) is 20.1 Å². The zero-order valence-corrected chi connectivity index (χ0v) is 17.1. The second-order valence-electron chi connectivity index (χ2n) is 7.11. The SMILES string of the molecule is CCNC(=NCCCCc1nc(C)cs1)N1CCC(N2CCOCC2)C1. The molecule has 1 atom stereocenters. The number of nitrogens with zero attached hydrogens (tertiary/aromatic N) is 4. The molecule has 1 aromatic rings. The Kier molecular flexibility index (Phi) is 7.70. The molecule has 1 aromatic heterocycles.